The fourth-order valence-electron chi connectivity index (χ4n) is 15.5. The Kier molecular flexibility index (Phi) is 30.3. The number of likely N-dealkylation sites (tertiary alicyclic amines) is 2. The van der Waals surface area contributed by atoms with Gasteiger partial charge >= 0.3 is 0 Å². The summed E-state index contributed by atoms with van der Waals surface area (Å²) < 4.78 is 0. The second-order valence-corrected chi connectivity index (χ2v) is 24.5. The molecule has 6 saturated heterocycles. The number of fused-ring (bicyclic) bond motifs is 4. The van der Waals surface area contributed by atoms with E-state index in [1.165, 1.54) is 181 Å². The zero-order chi connectivity index (χ0) is 52.8. The van der Waals surface area contributed by atoms with Crippen LogP contribution in [0.25, 0.3) is 0 Å². The van der Waals surface area contributed by atoms with Gasteiger partial charge < -0.3 is 9.80 Å². The van der Waals surface area contributed by atoms with Crippen LogP contribution in [-0.4, -0.2) is 167 Å². The quantitative estimate of drug-likeness (QED) is 0.180. The molecular formula is C64H127N7. The lowest BCUT2D eigenvalue weighted by Crippen LogP contribution is -2.49. The molecule has 418 valence electrons. The molecule has 8 rings (SSSR count). The summed E-state index contributed by atoms with van der Waals surface area (Å²) in [6.07, 6.45) is 28.5. The first-order chi connectivity index (χ1) is 33.9. The molecule has 6 fully saturated rings. The summed E-state index contributed by atoms with van der Waals surface area (Å²) >= 11 is 0. The molecular weight excluding hydrogens is 867 g/mol. The van der Waals surface area contributed by atoms with Crippen LogP contribution in [0.5, 0.6) is 0 Å². The lowest BCUT2D eigenvalue weighted by molar-refractivity contribution is 0.0261. The molecule has 7 nitrogen and oxygen atoms in total. The summed E-state index contributed by atoms with van der Waals surface area (Å²) in [6.45, 7) is 57.7. The Balaban J connectivity index is 0.000000225. The summed E-state index contributed by atoms with van der Waals surface area (Å²) in [4.78, 5) is 18.2. The van der Waals surface area contributed by atoms with Crippen molar-refractivity contribution in [2.45, 2.75) is 301 Å². The number of nitrogens with zero attached hydrogens (tertiary/aromatic N) is 7. The topological polar surface area (TPSA) is 22.7 Å². The lowest BCUT2D eigenvalue weighted by Gasteiger charge is -2.47. The molecule has 0 N–H and O–H groups in total. The van der Waals surface area contributed by atoms with Gasteiger partial charge in [-0.2, -0.15) is 0 Å². The van der Waals surface area contributed by atoms with E-state index in [0.717, 1.165) is 66.2 Å². The molecule has 4 bridgehead atoms. The molecule has 71 heavy (non-hydrogen) atoms. The number of piperazine rings is 1. The monoisotopic (exact) mass is 994 g/mol. The van der Waals surface area contributed by atoms with Crippen LogP contribution < -0.4 is 0 Å². The Morgan fingerprint density at radius 1 is 0.423 bits per heavy atom. The van der Waals surface area contributed by atoms with Gasteiger partial charge in [0.2, 0.25) is 0 Å². The second-order valence-electron chi connectivity index (χ2n) is 24.5. The van der Waals surface area contributed by atoms with E-state index in [1.54, 1.807) is 11.1 Å². The van der Waals surface area contributed by atoms with E-state index in [-0.39, 0.29) is 0 Å². The molecule has 10 atom stereocenters. The molecule has 0 aromatic rings. The van der Waals surface area contributed by atoms with Gasteiger partial charge in [-0.25, -0.2) is 0 Å². The third kappa shape index (κ3) is 19.6. The summed E-state index contributed by atoms with van der Waals surface area (Å²) in [5, 5.41) is 0. The number of piperidine rings is 3. The summed E-state index contributed by atoms with van der Waals surface area (Å²) in [6, 6.07) is 8.16. The molecule has 0 amide bonds. The Morgan fingerprint density at radius 2 is 0.845 bits per heavy atom. The number of hydrogen-bond donors (Lipinski definition) is 0. The van der Waals surface area contributed by atoms with Crippen molar-refractivity contribution in [3.63, 3.8) is 0 Å². The average Bonchev–Trinajstić information content (AvgIpc) is 3.77. The van der Waals surface area contributed by atoms with Crippen LogP contribution in [0.2, 0.25) is 0 Å². The highest BCUT2D eigenvalue weighted by atomic mass is 15.3. The van der Waals surface area contributed by atoms with Gasteiger partial charge in [-0.15, -0.1) is 0 Å². The van der Waals surface area contributed by atoms with Crippen molar-refractivity contribution in [1.82, 2.24) is 34.3 Å². The maximum atomic E-state index is 2.74. The van der Waals surface area contributed by atoms with E-state index < -0.39 is 0 Å². The maximum absolute atomic E-state index is 2.74. The fraction of sp³-hybridized carbons (Fsp3) is 0.938. The van der Waals surface area contributed by atoms with Crippen molar-refractivity contribution < 1.29 is 0 Å². The summed E-state index contributed by atoms with van der Waals surface area (Å²) in [7, 11) is 0. The van der Waals surface area contributed by atoms with Crippen molar-refractivity contribution in [2.75, 3.05) is 72.0 Å². The lowest BCUT2D eigenvalue weighted by atomic mass is 9.73. The van der Waals surface area contributed by atoms with Gasteiger partial charge in [0.25, 0.3) is 0 Å². The molecule has 0 aromatic carbocycles. The van der Waals surface area contributed by atoms with E-state index in [0.29, 0.717) is 11.5 Å². The van der Waals surface area contributed by atoms with Crippen molar-refractivity contribution in [3.8, 4) is 0 Å². The van der Waals surface area contributed by atoms with Gasteiger partial charge in [-0.1, -0.05) is 133 Å². The molecule has 0 spiro atoms. The van der Waals surface area contributed by atoms with Crippen LogP contribution in [0.15, 0.2) is 23.3 Å². The standard InChI is InChI=1S/C12H25N.C11H21N.C11H19N.C11H23N.C11H21N.C8H18N2/c1-6-12(5)8-10(3)13(7-2)11(4)9-12;2*1-3-9-7-10-5-6-11(8-9)12(10)4-2;2*1-5-11-7-9(3)12(6-2)10(4)8-11;1-3-9-5-7-10(4-2)8-6-9/h10-11H,6-9H2,1-5H3;9-11H,3-8H2,1-2H3;7,10-11H,3-6,8H2,1-2H3;9-11H,5-8H2,1-4H3;7,9-10H,5-6,8H2,1-4H3;3-8H2,1-2H3. The van der Waals surface area contributed by atoms with Crippen LogP contribution in [-0.2, 0) is 0 Å². The highest BCUT2D eigenvalue weighted by molar-refractivity contribution is 5.17. The number of hydrogen-bond acceptors (Lipinski definition) is 7. The Bertz CT molecular complexity index is 1400. The zero-order valence-corrected chi connectivity index (χ0v) is 51.5. The first-order valence-corrected chi connectivity index (χ1v) is 31.6. The fourth-order valence-corrected chi connectivity index (χ4v) is 15.5. The second kappa shape index (κ2) is 33.4. The predicted molar refractivity (Wildman–Crippen MR) is 316 cm³/mol. The third-order valence-corrected chi connectivity index (χ3v) is 20.0. The molecule has 0 saturated carbocycles. The van der Waals surface area contributed by atoms with Crippen molar-refractivity contribution in [2.24, 2.45) is 17.3 Å². The predicted octanol–water partition coefficient (Wildman–Crippen LogP) is 14.9. The van der Waals surface area contributed by atoms with Gasteiger partial charge in [-0.05, 0) is 194 Å². The van der Waals surface area contributed by atoms with E-state index in [4.69, 9.17) is 0 Å². The molecule has 0 aliphatic carbocycles. The Morgan fingerprint density at radius 3 is 1.23 bits per heavy atom. The number of likely N-dealkylation sites (N-methyl/N-ethyl adjacent to an activating group) is 4. The van der Waals surface area contributed by atoms with Crippen LogP contribution >= 0.6 is 0 Å². The van der Waals surface area contributed by atoms with Crippen molar-refractivity contribution in [3.05, 3.63) is 23.3 Å². The largest absolute Gasteiger partial charge is 0.301 e. The van der Waals surface area contributed by atoms with E-state index >= 15 is 0 Å². The van der Waals surface area contributed by atoms with Crippen LogP contribution in [0.3, 0.4) is 0 Å². The Labute approximate surface area is 446 Å². The smallest absolute Gasteiger partial charge is 0.0284 e. The van der Waals surface area contributed by atoms with Crippen molar-refractivity contribution >= 4 is 0 Å². The van der Waals surface area contributed by atoms with Crippen LogP contribution in [0.1, 0.15) is 241 Å². The minimum atomic E-state index is 0.602. The van der Waals surface area contributed by atoms with Crippen LogP contribution in [0.4, 0.5) is 0 Å². The first kappa shape index (κ1) is 64.5. The number of rotatable bonds is 12. The maximum Gasteiger partial charge on any atom is 0.0284 e. The minimum Gasteiger partial charge on any atom is -0.301 e. The first-order valence-electron chi connectivity index (χ1n) is 31.6. The average molecular weight is 995 g/mol. The van der Waals surface area contributed by atoms with Crippen molar-refractivity contribution in [1.29, 1.82) is 0 Å². The molecule has 8 aliphatic heterocycles. The van der Waals surface area contributed by atoms with Gasteiger partial charge in [0, 0.05) is 86.6 Å². The van der Waals surface area contributed by atoms with Crippen LogP contribution in [0, 0.1) is 17.3 Å². The molecule has 8 aliphatic rings. The normalized spacial score (nSPS) is 36.0. The van der Waals surface area contributed by atoms with Gasteiger partial charge in [-0.3, -0.25) is 24.5 Å². The minimum absolute atomic E-state index is 0.602. The molecule has 0 radical (unpaired) electrons. The molecule has 10 unspecified atom stereocenters. The van der Waals surface area contributed by atoms with Gasteiger partial charge in [0.15, 0.2) is 0 Å². The van der Waals surface area contributed by atoms with E-state index in [9.17, 15) is 0 Å². The molecule has 7 heteroatoms. The molecule has 8 heterocycles. The van der Waals surface area contributed by atoms with E-state index in [1.807, 2.05) is 0 Å². The van der Waals surface area contributed by atoms with E-state index in [2.05, 4.69) is 178 Å². The highest BCUT2D eigenvalue weighted by Gasteiger charge is 2.39. The highest BCUT2D eigenvalue weighted by Crippen LogP contribution is 2.41. The SMILES string of the molecule is CCC1=CC(C)N(CC)C(C)C1.CCC1=CC2CCC(C1)N2CC.CCC1CC(C)N(CC)C(C)C1.CCC1CC2CCC(C1)N2CC.CCN1C(C)CC(C)(CC)CC1C.CCN1CCN(CC)CC1. The Hall–Kier alpha value is -0.800. The summed E-state index contributed by atoms with van der Waals surface area (Å²) in [5.41, 5.74) is 3.94. The summed E-state index contributed by atoms with van der Waals surface area (Å²) in [5.74, 6) is 2.03. The third-order valence-electron chi connectivity index (χ3n) is 20.0. The zero-order valence-electron chi connectivity index (χ0n) is 51.5. The van der Waals surface area contributed by atoms with Gasteiger partial charge in [0.1, 0.15) is 0 Å². The molecule has 0 aromatic heterocycles. The van der Waals surface area contributed by atoms with Gasteiger partial charge in [0.05, 0.1) is 0 Å².